The number of carbonyl (C=O) groups excluding carboxylic acids is 4. The molecule has 1 aliphatic heterocycles. The monoisotopic (exact) mass is 424 g/mol. The highest BCUT2D eigenvalue weighted by Gasteiger charge is 2.47. The Labute approximate surface area is 185 Å². The summed E-state index contributed by atoms with van der Waals surface area (Å²) in [6.45, 7) is 1.21. The van der Waals surface area contributed by atoms with Gasteiger partial charge in [-0.25, -0.2) is 14.6 Å². The topological polar surface area (TPSA) is 74.8 Å². The molecule has 1 fully saturated rings. The number of Topliss-reactive ketones (excluding diaryl/α,β-unsaturated/α-hetero) is 1. The Bertz CT molecular complexity index is 1280. The molecule has 5 rings (SSSR count). The molecule has 0 saturated carbocycles. The van der Waals surface area contributed by atoms with Gasteiger partial charge in [-0.2, -0.15) is 0 Å². The first kappa shape index (κ1) is 19.9. The minimum atomic E-state index is -0.974. The number of urea groups is 1. The molecule has 3 aromatic carbocycles. The van der Waals surface area contributed by atoms with E-state index in [1.807, 2.05) is 30.3 Å². The van der Waals surface area contributed by atoms with Crippen molar-refractivity contribution in [3.05, 3.63) is 95.1 Å². The van der Waals surface area contributed by atoms with E-state index in [9.17, 15) is 19.2 Å². The number of imide groups is 2. The van der Waals surface area contributed by atoms with Crippen molar-refractivity contribution in [1.82, 2.24) is 9.80 Å². The fourth-order valence-electron chi connectivity index (χ4n) is 4.42. The number of rotatable bonds is 5. The minimum Gasteiger partial charge on any atom is -0.292 e. The number of carbonyl (C=O) groups is 4. The van der Waals surface area contributed by atoms with Crippen LogP contribution in [0.4, 0.5) is 4.79 Å². The standard InChI is InChI=1S/C26H20N2O4/c1-16(17-7-3-2-4-8-17)28-25(31)24(30)27(26(28)32)15-23(29)20-12-11-19-13-18-9-5-6-10-21(18)22(19)14-20/h2-12,14,16H,13,15H2,1H3. The zero-order chi connectivity index (χ0) is 22.4. The van der Waals surface area contributed by atoms with Gasteiger partial charge in [-0.05, 0) is 47.2 Å². The molecule has 0 aromatic heterocycles. The highest BCUT2D eigenvalue weighted by atomic mass is 16.2. The van der Waals surface area contributed by atoms with E-state index < -0.39 is 30.4 Å². The van der Waals surface area contributed by atoms with Gasteiger partial charge >= 0.3 is 17.8 Å². The molecule has 0 spiro atoms. The molecule has 6 nitrogen and oxygen atoms in total. The molecule has 1 saturated heterocycles. The predicted molar refractivity (Wildman–Crippen MR) is 118 cm³/mol. The molecule has 32 heavy (non-hydrogen) atoms. The second-order valence-electron chi connectivity index (χ2n) is 8.06. The maximum Gasteiger partial charge on any atom is 0.335 e. The molecular formula is C26H20N2O4. The Morgan fingerprint density at radius 1 is 0.844 bits per heavy atom. The summed E-state index contributed by atoms with van der Waals surface area (Å²) in [5, 5.41) is 0. The van der Waals surface area contributed by atoms with Crippen molar-refractivity contribution in [2.75, 3.05) is 6.54 Å². The lowest BCUT2D eigenvalue weighted by Crippen LogP contribution is -2.37. The predicted octanol–water partition coefficient (Wildman–Crippen LogP) is 3.99. The van der Waals surface area contributed by atoms with Crippen LogP contribution < -0.4 is 0 Å². The summed E-state index contributed by atoms with van der Waals surface area (Å²) in [4.78, 5) is 52.7. The van der Waals surface area contributed by atoms with Crippen molar-refractivity contribution in [3.63, 3.8) is 0 Å². The Balaban J connectivity index is 1.38. The van der Waals surface area contributed by atoms with Crippen LogP contribution in [0, 0.1) is 0 Å². The van der Waals surface area contributed by atoms with Gasteiger partial charge in [0.2, 0.25) is 0 Å². The van der Waals surface area contributed by atoms with Crippen LogP contribution in [0.3, 0.4) is 0 Å². The lowest BCUT2D eigenvalue weighted by atomic mass is 10.0. The number of nitrogens with zero attached hydrogens (tertiary/aromatic N) is 2. The molecule has 0 radical (unpaired) electrons. The van der Waals surface area contributed by atoms with E-state index in [0.29, 0.717) is 5.56 Å². The summed E-state index contributed by atoms with van der Waals surface area (Å²) >= 11 is 0. The van der Waals surface area contributed by atoms with E-state index in [1.54, 1.807) is 43.3 Å². The summed E-state index contributed by atoms with van der Waals surface area (Å²) in [6.07, 6.45) is 0.809. The molecule has 158 valence electrons. The molecule has 3 aromatic rings. The van der Waals surface area contributed by atoms with Crippen molar-refractivity contribution in [2.45, 2.75) is 19.4 Å². The van der Waals surface area contributed by atoms with E-state index in [1.165, 1.54) is 5.56 Å². The van der Waals surface area contributed by atoms with Gasteiger partial charge in [0.05, 0.1) is 12.6 Å². The first-order chi connectivity index (χ1) is 15.5. The van der Waals surface area contributed by atoms with Gasteiger partial charge in [0.25, 0.3) is 0 Å². The van der Waals surface area contributed by atoms with E-state index in [0.717, 1.165) is 38.5 Å². The maximum absolute atomic E-state index is 13.0. The molecule has 6 heteroatoms. The van der Waals surface area contributed by atoms with Crippen LogP contribution in [0.5, 0.6) is 0 Å². The van der Waals surface area contributed by atoms with Gasteiger partial charge in [-0.1, -0.05) is 66.7 Å². The summed E-state index contributed by atoms with van der Waals surface area (Å²) in [6, 6.07) is 21.1. The third kappa shape index (κ3) is 3.12. The van der Waals surface area contributed by atoms with Crippen molar-refractivity contribution in [2.24, 2.45) is 0 Å². The molecule has 1 atom stereocenters. The molecule has 2 aliphatic rings. The zero-order valence-corrected chi connectivity index (χ0v) is 17.4. The number of fused-ring (bicyclic) bond motifs is 3. The van der Waals surface area contributed by atoms with Crippen LogP contribution in [0.25, 0.3) is 11.1 Å². The Kier molecular flexibility index (Phi) is 4.70. The van der Waals surface area contributed by atoms with Gasteiger partial charge in [-0.3, -0.25) is 14.4 Å². The van der Waals surface area contributed by atoms with Crippen molar-refractivity contribution < 1.29 is 19.2 Å². The van der Waals surface area contributed by atoms with Crippen LogP contribution in [-0.4, -0.2) is 40.0 Å². The second-order valence-corrected chi connectivity index (χ2v) is 8.06. The molecule has 1 unspecified atom stereocenters. The highest BCUT2D eigenvalue weighted by Crippen LogP contribution is 2.37. The van der Waals surface area contributed by atoms with Gasteiger partial charge < -0.3 is 0 Å². The number of ketones is 1. The van der Waals surface area contributed by atoms with Crippen LogP contribution in [0.1, 0.15) is 40.0 Å². The Hall–Kier alpha value is -4.06. The molecule has 0 N–H and O–H groups in total. The summed E-state index contributed by atoms with van der Waals surface area (Å²) in [5.41, 5.74) is 5.54. The normalized spacial score (nSPS) is 15.7. The highest BCUT2D eigenvalue weighted by molar-refractivity contribution is 6.45. The SMILES string of the molecule is CC(c1ccccc1)N1C(=O)C(=O)N(CC(=O)c2ccc3c(c2)-c2ccccc2C3)C1=O. The lowest BCUT2D eigenvalue weighted by molar-refractivity contribution is -0.143. The minimum absolute atomic E-state index is 0.388. The third-order valence-electron chi connectivity index (χ3n) is 6.18. The van der Waals surface area contributed by atoms with Gasteiger partial charge in [0.1, 0.15) is 0 Å². The molecule has 4 amide bonds. The van der Waals surface area contributed by atoms with Gasteiger partial charge in [0.15, 0.2) is 5.78 Å². The van der Waals surface area contributed by atoms with E-state index >= 15 is 0 Å². The van der Waals surface area contributed by atoms with Crippen LogP contribution >= 0.6 is 0 Å². The van der Waals surface area contributed by atoms with Crippen LogP contribution in [0.15, 0.2) is 72.8 Å². The molecule has 1 heterocycles. The molecule has 1 aliphatic carbocycles. The zero-order valence-electron chi connectivity index (χ0n) is 17.4. The quantitative estimate of drug-likeness (QED) is 0.276. The average Bonchev–Trinajstić information content (AvgIpc) is 3.29. The van der Waals surface area contributed by atoms with Crippen LogP contribution in [0.2, 0.25) is 0 Å². The van der Waals surface area contributed by atoms with Gasteiger partial charge in [0, 0.05) is 5.56 Å². The van der Waals surface area contributed by atoms with E-state index in [2.05, 4.69) is 6.07 Å². The number of hydrogen-bond donors (Lipinski definition) is 0. The van der Waals surface area contributed by atoms with Crippen molar-refractivity contribution >= 4 is 23.6 Å². The fraction of sp³-hybridized carbons (Fsp3) is 0.154. The van der Waals surface area contributed by atoms with Crippen molar-refractivity contribution in [3.8, 4) is 11.1 Å². The lowest BCUT2D eigenvalue weighted by Gasteiger charge is -2.22. The maximum atomic E-state index is 13.0. The van der Waals surface area contributed by atoms with Crippen molar-refractivity contribution in [1.29, 1.82) is 0 Å². The molecular weight excluding hydrogens is 404 g/mol. The Morgan fingerprint density at radius 3 is 2.31 bits per heavy atom. The fourth-order valence-corrected chi connectivity index (χ4v) is 4.42. The van der Waals surface area contributed by atoms with Crippen LogP contribution in [-0.2, 0) is 16.0 Å². The smallest absolute Gasteiger partial charge is 0.292 e. The summed E-state index contributed by atoms with van der Waals surface area (Å²) in [7, 11) is 0. The first-order valence-electron chi connectivity index (χ1n) is 10.4. The largest absolute Gasteiger partial charge is 0.335 e. The second kappa shape index (κ2) is 7.57. The third-order valence-corrected chi connectivity index (χ3v) is 6.18. The number of amides is 4. The summed E-state index contributed by atoms with van der Waals surface area (Å²) in [5.74, 6) is -2.28. The average molecular weight is 424 g/mol. The number of benzene rings is 3. The summed E-state index contributed by atoms with van der Waals surface area (Å²) < 4.78 is 0. The van der Waals surface area contributed by atoms with Gasteiger partial charge in [-0.15, -0.1) is 0 Å². The van der Waals surface area contributed by atoms with E-state index in [-0.39, 0.29) is 5.78 Å². The van der Waals surface area contributed by atoms with E-state index in [4.69, 9.17) is 0 Å². The first-order valence-corrected chi connectivity index (χ1v) is 10.4. The Morgan fingerprint density at radius 2 is 1.53 bits per heavy atom. The number of hydrogen-bond acceptors (Lipinski definition) is 4. The molecule has 0 bridgehead atoms.